The molecule has 2 atom stereocenters. The SMILES string of the molecule is CC1CC(C)CN(C(=O)c2cc(Cl)ccn2)C1. The minimum atomic E-state index is -0.00843. The fourth-order valence-corrected chi connectivity index (χ4v) is 2.67. The Bertz CT molecular complexity index is 412. The largest absolute Gasteiger partial charge is 0.337 e. The lowest BCUT2D eigenvalue weighted by Crippen LogP contribution is -2.42. The van der Waals surface area contributed by atoms with Crippen LogP contribution in [0.15, 0.2) is 18.3 Å². The second kappa shape index (κ2) is 5.05. The number of carbonyl (C=O) groups excluding carboxylic acids is 1. The van der Waals surface area contributed by atoms with Gasteiger partial charge in [0.15, 0.2) is 0 Å². The van der Waals surface area contributed by atoms with Crippen LogP contribution in [0.25, 0.3) is 0 Å². The summed E-state index contributed by atoms with van der Waals surface area (Å²) >= 11 is 5.87. The number of rotatable bonds is 1. The zero-order valence-corrected chi connectivity index (χ0v) is 10.9. The fourth-order valence-electron chi connectivity index (χ4n) is 2.51. The zero-order valence-electron chi connectivity index (χ0n) is 10.2. The van der Waals surface area contributed by atoms with Crippen molar-refractivity contribution in [1.82, 2.24) is 9.88 Å². The highest BCUT2D eigenvalue weighted by atomic mass is 35.5. The zero-order chi connectivity index (χ0) is 12.4. The molecule has 0 saturated carbocycles. The van der Waals surface area contributed by atoms with Gasteiger partial charge in [-0.05, 0) is 30.4 Å². The molecule has 2 heterocycles. The number of piperidine rings is 1. The average molecular weight is 253 g/mol. The van der Waals surface area contributed by atoms with Gasteiger partial charge in [0.25, 0.3) is 5.91 Å². The highest BCUT2D eigenvalue weighted by molar-refractivity contribution is 6.30. The van der Waals surface area contributed by atoms with E-state index in [1.165, 1.54) is 6.42 Å². The number of nitrogens with zero attached hydrogens (tertiary/aromatic N) is 2. The second-order valence-corrected chi connectivity index (χ2v) is 5.45. The lowest BCUT2D eigenvalue weighted by molar-refractivity contribution is 0.0617. The number of pyridine rings is 1. The van der Waals surface area contributed by atoms with Crippen molar-refractivity contribution in [2.75, 3.05) is 13.1 Å². The van der Waals surface area contributed by atoms with Crippen molar-refractivity contribution in [2.24, 2.45) is 11.8 Å². The van der Waals surface area contributed by atoms with Crippen LogP contribution in [0.1, 0.15) is 30.8 Å². The standard InChI is InChI=1S/C13H17ClN2O/c1-9-5-10(2)8-16(7-9)13(17)12-6-11(14)3-4-15-12/h3-4,6,9-10H,5,7-8H2,1-2H3. The Morgan fingerprint density at radius 1 is 1.41 bits per heavy atom. The number of amides is 1. The molecule has 92 valence electrons. The summed E-state index contributed by atoms with van der Waals surface area (Å²) in [6.45, 7) is 6.00. The van der Waals surface area contributed by atoms with E-state index in [9.17, 15) is 4.79 Å². The Kier molecular flexibility index (Phi) is 3.67. The maximum absolute atomic E-state index is 12.2. The third kappa shape index (κ3) is 2.97. The van der Waals surface area contributed by atoms with Gasteiger partial charge in [0.1, 0.15) is 5.69 Å². The van der Waals surface area contributed by atoms with Crippen LogP contribution in [0.4, 0.5) is 0 Å². The maximum Gasteiger partial charge on any atom is 0.272 e. The Hall–Kier alpha value is -1.09. The van der Waals surface area contributed by atoms with Gasteiger partial charge in [-0.1, -0.05) is 25.4 Å². The van der Waals surface area contributed by atoms with Crippen molar-refractivity contribution in [3.63, 3.8) is 0 Å². The van der Waals surface area contributed by atoms with Crippen LogP contribution in [0.3, 0.4) is 0 Å². The molecule has 0 N–H and O–H groups in total. The van der Waals surface area contributed by atoms with Crippen molar-refractivity contribution in [3.05, 3.63) is 29.0 Å². The number of hydrogen-bond donors (Lipinski definition) is 0. The molecule has 1 saturated heterocycles. The summed E-state index contributed by atoms with van der Waals surface area (Å²) in [5, 5.41) is 0.557. The van der Waals surface area contributed by atoms with E-state index in [1.807, 2.05) is 4.90 Å². The summed E-state index contributed by atoms with van der Waals surface area (Å²) in [4.78, 5) is 18.2. The van der Waals surface area contributed by atoms with E-state index in [2.05, 4.69) is 18.8 Å². The molecular weight excluding hydrogens is 236 g/mol. The maximum atomic E-state index is 12.2. The first-order valence-electron chi connectivity index (χ1n) is 5.97. The number of halogens is 1. The Morgan fingerprint density at radius 3 is 2.65 bits per heavy atom. The second-order valence-electron chi connectivity index (χ2n) is 5.02. The van der Waals surface area contributed by atoms with E-state index in [-0.39, 0.29) is 5.91 Å². The number of likely N-dealkylation sites (tertiary alicyclic amines) is 1. The van der Waals surface area contributed by atoms with Gasteiger partial charge in [-0.25, -0.2) is 0 Å². The van der Waals surface area contributed by atoms with Crippen molar-refractivity contribution in [1.29, 1.82) is 0 Å². The van der Waals surface area contributed by atoms with E-state index in [0.717, 1.165) is 13.1 Å². The summed E-state index contributed by atoms with van der Waals surface area (Å²) in [5.74, 6) is 1.11. The predicted octanol–water partition coefficient (Wildman–Crippen LogP) is 2.85. The molecular formula is C13H17ClN2O. The van der Waals surface area contributed by atoms with E-state index in [4.69, 9.17) is 11.6 Å². The third-order valence-corrected chi connectivity index (χ3v) is 3.33. The monoisotopic (exact) mass is 252 g/mol. The minimum Gasteiger partial charge on any atom is -0.337 e. The molecule has 1 aliphatic rings. The first kappa shape index (κ1) is 12.4. The van der Waals surface area contributed by atoms with Gasteiger partial charge in [-0.2, -0.15) is 0 Å². The number of aromatic nitrogens is 1. The summed E-state index contributed by atoms with van der Waals surface area (Å²) in [6.07, 6.45) is 2.76. The predicted molar refractivity (Wildman–Crippen MR) is 68.1 cm³/mol. The van der Waals surface area contributed by atoms with E-state index in [1.54, 1.807) is 18.3 Å². The van der Waals surface area contributed by atoms with Gasteiger partial charge in [-0.3, -0.25) is 9.78 Å². The number of carbonyl (C=O) groups is 1. The average Bonchev–Trinajstić information content (AvgIpc) is 2.26. The summed E-state index contributed by atoms with van der Waals surface area (Å²) < 4.78 is 0. The topological polar surface area (TPSA) is 33.2 Å². The Morgan fingerprint density at radius 2 is 2.06 bits per heavy atom. The highest BCUT2D eigenvalue weighted by Gasteiger charge is 2.26. The molecule has 1 aliphatic heterocycles. The smallest absolute Gasteiger partial charge is 0.272 e. The molecule has 0 radical (unpaired) electrons. The molecule has 3 nitrogen and oxygen atoms in total. The van der Waals surface area contributed by atoms with Crippen LogP contribution >= 0.6 is 11.6 Å². The Balaban J connectivity index is 2.14. The van der Waals surface area contributed by atoms with Gasteiger partial charge in [0.2, 0.25) is 0 Å². The van der Waals surface area contributed by atoms with Crippen molar-refractivity contribution >= 4 is 17.5 Å². The van der Waals surface area contributed by atoms with Crippen LogP contribution in [-0.4, -0.2) is 28.9 Å². The van der Waals surface area contributed by atoms with Crippen LogP contribution in [0.5, 0.6) is 0 Å². The lowest BCUT2D eigenvalue weighted by atomic mass is 9.92. The van der Waals surface area contributed by atoms with Crippen LogP contribution in [0.2, 0.25) is 5.02 Å². The van der Waals surface area contributed by atoms with E-state index in [0.29, 0.717) is 22.6 Å². The van der Waals surface area contributed by atoms with E-state index < -0.39 is 0 Å². The van der Waals surface area contributed by atoms with E-state index >= 15 is 0 Å². The molecule has 1 amide bonds. The molecule has 17 heavy (non-hydrogen) atoms. The molecule has 2 unspecified atom stereocenters. The molecule has 0 aliphatic carbocycles. The first-order valence-corrected chi connectivity index (χ1v) is 6.35. The highest BCUT2D eigenvalue weighted by Crippen LogP contribution is 2.22. The quantitative estimate of drug-likeness (QED) is 0.770. The molecule has 2 rings (SSSR count). The summed E-state index contributed by atoms with van der Waals surface area (Å²) in [5.41, 5.74) is 0.443. The molecule has 4 heteroatoms. The molecule has 1 aromatic rings. The van der Waals surface area contributed by atoms with Crippen LogP contribution < -0.4 is 0 Å². The van der Waals surface area contributed by atoms with Gasteiger partial charge in [0.05, 0.1) is 0 Å². The first-order chi connectivity index (χ1) is 8.06. The van der Waals surface area contributed by atoms with Crippen molar-refractivity contribution < 1.29 is 4.79 Å². The van der Waals surface area contributed by atoms with Crippen molar-refractivity contribution in [2.45, 2.75) is 20.3 Å². The van der Waals surface area contributed by atoms with Crippen molar-refractivity contribution in [3.8, 4) is 0 Å². The molecule has 1 aromatic heterocycles. The van der Waals surface area contributed by atoms with Crippen LogP contribution in [-0.2, 0) is 0 Å². The molecule has 0 aromatic carbocycles. The summed E-state index contributed by atoms with van der Waals surface area (Å²) in [6, 6.07) is 3.31. The molecule has 0 bridgehead atoms. The molecule has 0 spiro atoms. The Labute approximate surface area is 107 Å². The lowest BCUT2D eigenvalue weighted by Gasteiger charge is -2.34. The third-order valence-electron chi connectivity index (χ3n) is 3.10. The normalized spacial score (nSPS) is 24.8. The number of hydrogen-bond acceptors (Lipinski definition) is 2. The van der Waals surface area contributed by atoms with Gasteiger partial charge in [0, 0.05) is 24.3 Å². The van der Waals surface area contributed by atoms with Gasteiger partial charge >= 0.3 is 0 Å². The summed E-state index contributed by atoms with van der Waals surface area (Å²) in [7, 11) is 0. The minimum absolute atomic E-state index is 0.00843. The van der Waals surface area contributed by atoms with Crippen LogP contribution in [0, 0.1) is 11.8 Å². The van der Waals surface area contributed by atoms with Gasteiger partial charge in [-0.15, -0.1) is 0 Å². The van der Waals surface area contributed by atoms with Gasteiger partial charge < -0.3 is 4.90 Å². The molecule has 1 fully saturated rings. The fraction of sp³-hybridized carbons (Fsp3) is 0.538.